The summed E-state index contributed by atoms with van der Waals surface area (Å²) >= 11 is 0. The van der Waals surface area contributed by atoms with E-state index < -0.39 is 5.97 Å². The Labute approximate surface area is 278 Å². The summed E-state index contributed by atoms with van der Waals surface area (Å²) in [4.78, 5) is 25.7. The predicted molar refractivity (Wildman–Crippen MR) is 187 cm³/mol. The number of benzene rings is 1. The van der Waals surface area contributed by atoms with Crippen LogP contribution in [-0.4, -0.2) is 49.1 Å². The Morgan fingerprint density at radius 2 is 1.61 bits per heavy atom. The summed E-state index contributed by atoms with van der Waals surface area (Å²) in [5, 5.41) is 13.1. The van der Waals surface area contributed by atoms with Crippen molar-refractivity contribution in [3.63, 3.8) is 0 Å². The van der Waals surface area contributed by atoms with E-state index in [-0.39, 0.29) is 33.0 Å². The number of aromatic carboxylic acids is 1. The van der Waals surface area contributed by atoms with Crippen molar-refractivity contribution in [3.8, 4) is 0 Å². The Bertz CT molecular complexity index is 1430. The molecule has 5 heteroatoms. The van der Waals surface area contributed by atoms with Gasteiger partial charge < -0.3 is 15.3 Å². The van der Waals surface area contributed by atoms with Gasteiger partial charge in [-0.25, -0.2) is 4.79 Å². The molecule has 1 aromatic carbocycles. The quantitative estimate of drug-likeness (QED) is 0.296. The summed E-state index contributed by atoms with van der Waals surface area (Å²) < 4.78 is 0. The van der Waals surface area contributed by atoms with Crippen molar-refractivity contribution in [2.45, 2.75) is 99.3 Å². The number of nitrogens with one attached hydrogen (secondary N) is 1. The fourth-order valence-corrected chi connectivity index (χ4v) is 13.1. The highest BCUT2D eigenvalue weighted by atomic mass is 16.4. The SMILES string of the molecule is C=C(C)C1CCC2(CNCC(=O)N(C)C)CCC3(C)C(CCC4C5(C)CC=C(c6ccc(C(=O)O)cc6)C(C)(C)C5CCC43C)C12. The van der Waals surface area contributed by atoms with Gasteiger partial charge in [-0.15, -0.1) is 0 Å². The zero-order valence-electron chi connectivity index (χ0n) is 30.0. The molecular formula is C41H60N2O3. The van der Waals surface area contributed by atoms with Crippen molar-refractivity contribution < 1.29 is 14.7 Å². The van der Waals surface area contributed by atoms with Gasteiger partial charge in [0, 0.05) is 20.6 Å². The standard InChI is InChI=1S/C41H60N2O3/c1-26(2)29-16-21-41(25-42-24-34(44)43(8)9)23-22-39(6)31(35(29)41)14-15-33-38(5)19-17-30(27-10-12-28(13-11-27)36(45)46)37(3,4)32(38)18-20-40(33,39)7/h10-13,17,29,31-33,35,42H,1,14-16,18-25H2,2-9H3,(H,45,46). The van der Waals surface area contributed by atoms with Gasteiger partial charge in [-0.05, 0) is 145 Å². The van der Waals surface area contributed by atoms with E-state index in [1.807, 2.05) is 26.2 Å². The van der Waals surface area contributed by atoms with E-state index in [0.717, 1.165) is 13.0 Å². The van der Waals surface area contributed by atoms with Crippen molar-refractivity contribution in [2.75, 3.05) is 27.2 Å². The van der Waals surface area contributed by atoms with Crippen LogP contribution in [0.2, 0.25) is 0 Å². The van der Waals surface area contributed by atoms with Crippen LogP contribution in [-0.2, 0) is 4.79 Å². The third-order valence-electron chi connectivity index (χ3n) is 15.5. The zero-order chi connectivity index (χ0) is 33.4. The molecule has 4 fully saturated rings. The zero-order valence-corrected chi connectivity index (χ0v) is 30.0. The first-order valence-electron chi connectivity index (χ1n) is 18.1. The van der Waals surface area contributed by atoms with Gasteiger partial charge >= 0.3 is 5.97 Å². The van der Waals surface area contributed by atoms with E-state index in [1.54, 1.807) is 17.0 Å². The van der Waals surface area contributed by atoms with Crippen molar-refractivity contribution in [1.82, 2.24) is 10.2 Å². The molecule has 0 aromatic heterocycles. The topological polar surface area (TPSA) is 69.6 Å². The number of carboxylic acid groups (broad SMARTS) is 1. The average Bonchev–Trinajstić information content (AvgIpc) is 3.37. The molecule has 5 aliphatic rings. The van der Waals surface area contributed by atoms with Gasteiger partial charge in [0.05, 0.1) is 12.1 Å². The third kappa shape index (κ3) is 4.79. The molecule has 1 aromatic rings. The summed E-state index contributed by atoms with van der Waals surface area (Å²) in [6.07, 6.45) is 13.8. The normalized spacial score (nSPS) is 40.9. The minimum atomic E-state index is -0.866. The Morgan fingerprint density at radius 1 is 0.913 bits per heavy atom. The molecule has 0 heterocycles. The maximum absolute atomic E-state index is 12.5. The highest BCUT2D eigenvalue weighted by Crippen LogP contribution is 2.77. The van der Waals surface area contributed by atoms with Crippen LogP contribution in [0.3, 0.4) is 0 Å². The minimum absolute atomic E-state index is 0.0186. The van der Waals surface area contributed by atoms with E-state index in [0.29, 0.717) is 41.7 Å². The molecule has 0 saturated heterocycles. The van der Waals surface area contributed by atoms with E-state index in [4.69, 9.17) is 0 Å². The van der Waals surface area contributed by atoms with Gasteiger partial charge in [0.1, 0.15) is 0 Å². The molecule has 4 saturated carbocycles. The van der Waals surface area contributed by atoms with Crippen LogP contribution in [0.4, 0.5) is 0 Å². The Morgan fingerprint density at radius 3 is 2.24 bits per heavy atom. The number of amides is 1. The third-order valence-corrected chi connectivity index (χ3v) is 15.5. The lowest BCUT2D eigenvalue weighted by Gasteiger charge is -2.72. The first kappa shape index (κ1) is 33.5. The molecule has 5 nitrogen and oxygen atoms in total. The molecule has 9 unspecified atom stereocenters. The molecular weight excluding hydrogens is 568 g/mol. The molecule has 46 heavy (non-hydrogen) atoms. The van der Waals surface area contributed by atoms with Crippen LogP contribution >= 0.6 is 0 Å². The van der Waals surface area contributed by atoms with Crippen molar-refractivity contribution >= 4 is 17.4 Å². The van der Waals surface area contributed by atoms with Gasteiger partial charge in [0.2, 0.25) is 5.91 Å². The molecule has 0 radical (unpaired) electrons. The second-order valence-electron chi connectivity index (χ2n) is 17.9. The number of carboxylic acids is 1. The molecule has 5 aliphatic carbocycles. The Hall–Kier alpha value is -2.40. The number of allylic oxidation sites excluding steroid dienone is 3. The highest BCUT2D eigenvalue weighted by Gasteiger charge is 2.70. The summed E-state index contributed by atoms with van der Waals surface area (Å²) in [5.74, 6) is 2.47. The largest absolute Gasteiger partial charge is 0.478 e. The number of hydrogen-bond donors (Lipinski definition) is 2. The molecule has 1 amide bonds. The lowest BCUT2D eigenvalue weighted by Crippen LogP contribution is -2.66. The van der Waals surface area contributed by atoms with Crippen LogP contribution in [0.1, 0.15) is 115 Å². The molecule has 2 N–H and O–H groups in total. The first-order valence-corrected chi connectivity index (χ1v) is 18.1. The van der Waals surface area contributed by atoms with Gasteiger partial charge in [-0.2, -0.15) is 0 Å². The lowest BCUT2D eigenvalue weighted by molar-refractivity contribution is -0.225. The smallest absolute Gasteiger partial charge is 0.335 e. The fraction of sp³-hybridized carbons (Fsp3) is 0.707. The average molecular weight is 629 g/mol. The monoisotopic (exact) mass is 628 g/mol. The van der Waals surface area contributed by atoms with Crippen molar-refractivity contribution in [1.29, 1.82) is 0 Å². The minimum Gasteiger partial charge on any atom is -0.478 e. The maximum atomic E-state index is 12.5. The molecule has 6 rings (SSSR count). The van der Waals surface area contributed by atoms with Crippen molar-refractivity contribution in [2.24, 2.45) is 56.7 Å². The second-order valence-corrected chi connectivity index (χ2v) is 17.9. The number of rotatable bonds is 7. The van der Waals surface area contributed by atoms with Gasteiger partial charge in [-0.3, -0.25) is 4.79 Å². The number of nitrogens with zero attached hydrogens (tertiary/aromatic N) is 1. The van der Waals surface area contributed by atoms with Gasteiger partial charge in [0.15, 0.2) is 0 Å². The fourth-order valence-electron chi connectivity index (χ4n) is 13.1. The summed E-state index contributed by atoms with van der Waals surface area (Å²) in [5.41, 5.74) is 5.38. The highest BCUT2D eigenvalue weighted by molar-refractivity contribution is 5.88. The Balaban J connectivity index is 1.31. The second kappa shape index (κ2) is 11.3. The Kier molecular flexibility index (Phi) is 8.26. The van der Waals surface area contributed by atoms with Crippen LogP contribution in [0, 0.1) is 56.7 Å². The number of carbonyl (C=O) groups excluding carboxylic acids is 1. The van der Waals surface area contributed by atoms with Crippen LogP contribution in [0.25, 0.3) is 5.57 Å². The van der Waals surface area contributed by atoms with E-state index in [2.05, 4.69) is 59.5 Å². The summed E-state index contributed by atoms with van der Waals surface area (Å²) in [6.45, 7) is 21.2. The molecule has 9 atom stereocenters. The summed E-state index contributed by atoms with van der Waals surface area (Å²) in [6, 6.07) is 7.58. The lowest BCUT2D eigenvalue weighted by atomic mass is 9.32. The first-order chi connectivity index (χ1) is 21.5. The van der Waals surface area contributed by atoms with E-state index in [9.17, 15) is 14.7 Å². The number of fused-ring (bicyclic) bond motifs is 7. The molecule has 0 bridgehead atoms. The predicted octanol–water partition coefficient (Wildman–Crippen LogP) is 8.71. The van der Waals surface area contributed by atoms with Crippen LogP contribution < -0.4 is 5.32 Å². The molecule has 252 valence electrons. The van der Waals surface area contributed by atoms with Crippen molar-refractivity contribution in [3.05, 3.63) is 53.6 Å². The number of hydrogen-bond acceptors (Lipinski definition) is 3. The molecule has 0 aliphatic heterocycles. The van der Waals surface area contributed by atoms with Crippen LogP contribution in [0.5, 0.6) is 0 Å². The van der Waals surface area contributed by atoms with Gasteiger partial charge in [-0.1, -0.05) is 65.0 Å². The van der Waals surface area contributed by atoms with Crippen LogP contribution in [0.15, 0.2) is 42.5 Å². The van der Waals surface area contributed by atoms with E-state index >= 15 is 0 Å². The number of carbonyl (C=O) groups is 2. The number of likely N-dealkylation sites (N-methyl/N-ethyl adjacent to an activating group) is 1. The summed E-state index contributed by atoms with van der Waals surface area (Å²) in [7, 11) is 3.70. The molecule has 0 spiro atoms. The van der Waals surface area contributed by atoms with E-state index in [1.165, 1.54) is 68.1 Å². The van der Waals surface area contributed by atoms with Gasteiger partial charge in [0.25, 0.3) is 0 Å². The maximum Gasteiger partial charge on any atom is 0.335 e.